The molecule has 0 aromatic heterocycles. The van der Waals surface area contributed by atoms with Crippen LogP contribution in [0.2, 0.25) is 0 Å². The van der Waals surface area contributed by atoms with E-state index in [-0.39, 0.29) is 6.10 Å². The van der Waals surface area contributed by atoms with Gasteiger partial charge in [0.15, 0.2) is 0 Å². The molecule has 0 bridgehead atoms. The highest BCUT2D eigenvalue weighted by Gasteiger charge is 2.26. The summed E-state index contributed by atoms with van der Waals surface area (Å²) in [7, 11) is 1.71. The van der Waals surface area contributed by atoms with Crippen LogP contribution in [0.3, 0.4) is 0 Å². The maximum atomic E-state index is 9.58. The fraction of sp³-hybridized carbons (Fsp3) is 0.600. The van der Waals surface area contributed by atoms with E-state index in [1.165, 1.54) is 18.4 Å². The number of hydrogen-bond acceptors (Lipinski definition) is 3. The summed E-state index contributed by atoms with van der Waals surface area (Å²) >= 11 is 3.52. The lowest BCUT2D eigenvalue weighted by Gasteiger charge is -2.26. The second kappa shape index (κ2) is 6.73. The molecule has 1 aliphatic rings. The van der Waals surface area contributed by atoms with Crippen molar-refractivity contribution in [3.05, 3.63) is 28.2 Å². The van der Waals surface area contributed by atoms with Crippen molar-refractivity contribution in [2.24, 2.45) is 0 Å². The number of nitrogens with zero attached hydrogens (tertiary/aromatic N) is 1. The van der Waals surface area contributed by atoms with Crippen LogP contribution in [0.15, 0.2) is 22.7 Å². The largest absolute Gasteiger partial charge is 0.496 e. The van der Waals surface area contributed by atoms with Crippen molar-refractivity contribution in [2.75, 3.05) is 13.7 Å². The molecule has 0 spiro atoms. The van der Waals surface area contributed by atoms with Gasteiger partial charge in [0, 0.05) is 22.6 Å². The Bertz CT molecular complexity index is 423. The standard InChI is InChI=1S/C15H22BrNO2/c1-11(18)8-14-4-3-7-17(14)10-12-9-13(16)5-6-15(12)19-2/h5-6,9,11,14,18H,3-4,7-8,10H2,1-2H3. The fourth-order valence-electron chi connectivity index (χ4n) is 2.85. The molecule has 106 valence electrons. The van der Waals surface area contributed by atoms with Crippen LogP contribution in [0.4, 0.5) is 0 Å². The first-order valence-electron chi connectivity index (χ1n) is 6.84. The van der Waals surface area contributed by atoms with Crippen LogP contribution in [-0.2, 0) is 6.54 Å². The zero-order valence-corrected chi connectivity index (χ0v) is 13.2. The van der Waals surface area contributed by atoms with E-state index in [2.05, 4.69) is 26.9 Å². The van der Waals surface area contributed by atoms with Gasteiger partial charge in [0.25, 0.3) is 0 Å². The predicted octanol–water partition coefficient (Wildman–Crippen LogP) is 3.19. The van der Waals surface area contributed by atoms with Crippen LogP contribution in [0, 0.1) is 0 Å². The zero-order valence-electron chi connectivity index (χ0n) is 11.6. The smallest absolute Gasteiger partial charge is 0.123 e. The molecular formula is C15H22BrNO2. The molecule has 0 amide bonds. The van der Waals surface area contributed by atoms with Gasteiger partial charge in [0.05, 0.1) is 13.2 Å². The van der Waals surface area contributed by atoms with Gasteiger partial charge in [-0.1, -0.05) is 15.9 Å². The van der Waals surface area contributed by atoms with E-state index in [0.29, 0.717) is 6.04 Å². The Balaban J connectivity index is 2.09. The lowest BCUT2D eigenvalue weighted by molar-refractivity contribution is 0.130. The van der Waals surface area contributed by atoms with Crippen molar-refractivity contribution >= 4 is 15.9 Å². The topological polar surface area (TPSA) is 32.7 Å². The number of aliphatic hydroxyl groups is 1. The van der Waals surface area contributed by atoms with Crippen molar-refractivity contribution in [3.63, 3.8) is 0 Å². The Morgan fingerprint density at radius 3 is 3.00 bits per heavy atom. The lowest BCUT2D eigenvalue weighted by atomic mass is 10.1. The van der Waals surface area contributed by atoms with Gasteiger partial charge in [0.1, 0.15) is 5.75 Å². The lowest BCUT2D eigenvalue weighted by Crippen LogP contribution is -2.31. The molecule has 2 rings (SSSR count). The molecule has 2 atom stereocenters. The molecule has 0 aliphatic carbocycles. The molecular weight excluding hydrogens is 306 g/mol. The van der Waals surface area contributed by atoms with Crippen molar-refractivity contribution < 1.29 is 9.84 Å². The number of methoxy groups -OCH3 is 1. The number of likely N-dealkylation sites (tertiary alicyclic amines) is 1. The van der Waals surface area contributed by atoms with Gasteiger partial charge in [-0.25, -0.2) is 0 Å². The third kappa shape index (κ3) is 3.94. The molecule has 0 saturated carbocycles. The molecule has 2 unspecified atom stereocenters. The molecule has 1 aromatic rings. The number of hydrogen-bond donors (Lipinski definition) is 1. The Morgan fingerprint density at radius 1 is 1.53 bits per heavy atom. The quantitative estimate of drug-likeness (QED) is 0.901. The second-order valence-corrected chi connectivity index (χ2v) is 6.22. The van der Waals surface area contributed by atoms with E-state index in [0.717, 1.165) is 29.7 Å². The molecule has 4 heteroatoms. The molecule has 1 aliphatic heterocycles. The third-order valence-corrected chi connectivity index (χ3v) is 4.22. The molecule has 19 heavy (non-hydrogen) atoms. The van der Waals surface area contributed by atoms with Crippen molar-refractivity contribution in [3.8, 4) is 5.75 Å². The van der Waals surface area contributed by atoms with Crippen molar-refractivity contribution in [1.29, 1.82) is 0 Å². The van der Waals surface area contributed by atoms with E-state index in [1.54, 1.807) is 7.11 Å². The first kappa shape index (κ1) is 14.8. The molecule has 1 N–H and O–H groups in total. The SMILES string of the molecule is COc1ccc(Br)cc1CN1CCCC1CC(C)O. The summed E-state index contributed by atoms with van der Waals surface area (Å²) in [5.41, 5.74) is 1.20. The fourth-order valence-corrected chi connectivity index (χ4v) is 3.26. The summed E-state index contributed by atoms with van der Waals surface area (Å²) in [6.45, 7) is 3.86. The van der Waals surface area contributed by atoms with Crippen LogP contribution in [-0.4, -0.2) is 35.8 Å². The van der Waals surface area contributed by atoms with Crippen LogP contribution in [0.25, 0.3) is 0 Å². The molecule has 1 saturated heterocycles. The molecule has 3 nitrogen and oxygen atoms in total. The number of ether oxygens (including phenoxy) is 1. The van der Waals surface area contributed by atoms with Crippen LogP contribution in [0.5, 0.6) is 5.75 Å². The predicted molar refractivity (Wildman–Crippen MR) is 80.4 cm³/mol. The summed E-state index contributed by atoms with van der Waals surface area (Å²) in [6.07, 6.45) is 3.03. The van der Waals surface area contributed by atoms with Gasteiger partial charge in [0.2, 0.25) is 0 Å². The zero-order chi connectivity index (χ0) is 13.8. The van der Waals surface area contributed by atoms with Crippen LogP contribution in [0.1, 0.15) is 31.7 Å². The first-order valence-corrected chi connectivity index (χ1v) is 7.64. The van der Waals surface area contributed by atoms with Crippen molar-refractivity contribution in [1.82, 2.24) is 4.90 Å². The maximum Gasteiger partial charge on any atom is 0.123 e. The number of rotatable bonds is 5. The van der Waals surface area contributed by atoms with E-state index in [4.69, 9.17) is 4.74 Å². The van der Waals surface area contributed by atoms with Crippen molar-refractivity contribution in [2.45, 2.75) is 44.9 Å². The first-order chi connectivity index (χ1) is 9.10. The average Bonchev–Trinajstić information content (AvgIpc) is 2.76. The van der Waals surface area contributed by atoms with Crippen LogP contribution < -0.4 is 4.74 Å². The normalized spacial score (nSPS) is 21.6. The minimum atomic E-state index is -0.227. The van der Waals surface area contributed by atoms with Gasteiger partial charge >= 0.3 is 0 Å². The number of halogens is 1. The summed E-state index contributed by atoms with van der Waals surface area (Å²) in [5.74, 6) is 0.936. The Labute approximate surface area is 123 Å². The minimum Gasteiger partial charge on any atom is -0.496 e. The maximum absolute atomic E-state index is 9.58. The highest BCUT2D eigenvalue weighted by Crippen LogP contribution is 2.29. The van der Waals surface area contributed by atoms with E-state index in [9.17, 15) is 5.11 Å². The highest BCUT2D eigenvalue weighted by molar-refractivity contribution is 9.10. The molecule has 1 fully saturated rings. The minimum absolute atomic E-state index is 0.227. The van der Waals surface area contributed by atoms with E-state index < -0.39 is 0 Å². The summed E-state index contributed by atoms with van der Waals surface area (Å²) in [5, 5.41) is 9.58. The average molecular weight is 328 g/mol. The van der Waals surface area contributed by atoms with Gasteiger partial charge < -0.3 is 9.84 Å². The number of aliphatic hydroxyl groups excluding tert-OH is 1. The molecule has 1 heterocycles. The number of benzene rings is 1. The third-order valence-electron chi connectivity index (χ3n) is 3.73. The summed E-state index contributed by atoms with van der Waals surface area (Å²) in [6, 6.07) is 6.61. The van der Waals surface area contributed by atoms with Gasteiger partial charge in [-0.05, 0) is 50.9 Å². The van der Waals surface area contributed by atoms with Crippen LogP contribution >= 0.6 is 15.9 Å². The van der Waals surface area contributed by atoms with E-state index >= 15 is 0 Å². The molecule has 0 radical (unpaired) electrons. The van der Waals surface area contributed by atoms with Gasteiger partial charge in [-0.3, -0.25) is 4.90 Å². The summed E-state index contributed by atoms with van der Waals surface area (Å²) < 4.78 is 6.51. The van der Waals surface area contributed by atoms with Gasteiger partial charge in [-0.2, -0.15) is 0 Å². The Kier molecular flexibility index (Phi) is 5.25. The Morgan fingerprint density at radius 2 is 2.32 bits per heavy atom. The Hall–Kier alpha value is -0.580. The second-order valence-electron chi connectivity index (χ2n) is 5.31. The monoisotopic (exact) mass is 327 g/mol. The summed E-state index contributed by atoms with van der Waals surface area (Å²) in [4.78, 5) is 2.46. The molecule has 1 aromatic carbocycles. The van der Waals surface area contributed by atoms with E-state index in [1.807, 2.05) is 19.1 Å². The highest BCUT2D eigenvalue weighted by atomic mass is 79.9. The van der Waals surface area contributed by atoms with Gasteiger partial charge in [-0.15, -0.1) is 0 Å².